The van der Waals surface area contributed by atoms with Crippen LogP contribution in [0.1, 0.15) is 17.5 Å². The Morgan fingerprint density at radius 3 is 2.80 bits per heavy atom. The Bertz CT molecular complexity index is 740. The third-order valence-electron chi connectivity index (χ3n) is 4.93. The van der Waals surface area contributed by atoms with E-state index in [1.807, 2.05) is 41.4 Å². The number of benzene rings is 1. The third kappa shape index (κ3) is 3.60. The fourth-order valence-corrected chi connectivity index (χ4v) is 3.54. The molecule has 0 bridgehead atoms. The van der Waals surface area contributed by atoms with Crippen molar-refractivity contribution in [2.24, 2.45) is 0 Å². The summed E-state index contributed by atoms with van der Waals surface area (Å²) in [6, 6.07) is 12.1. The molecule has 130 valence electrons. The lowest BCUT2D eigenvalue weighted by Gasteiger charge is -2.35. The maximum atomic E-state index is 12.6. The lowest BCUT2D eigenvalue weighted by atomic mass is 10.0. The minimum Gasteiger partial charge on any atom is -0.493 e. The van der Waals surface area contributed by atoms with Crippen LogP contribution in [0.4, 0.5) is 5.82 Å². The van der Waals surface area contributed by atoms with Gasteiger partial charge >= 0.3 is 0 Å². The van der Waals surface area contributed by atoms with E-state index in [1.165, 1.54) is 5.56 Å². The number of pyridine rings is 1. The van der Waals surface area contributed by atoms with Crippen LogP contribution in [0.3, 0.4) is 0 Å². The number of anilines is 1. The van der Waals surface area contributed by atoms with Crippen molar-refractivity contribution in [2.75, 3.05) is 37.7 Å². The molecular formula is C20H23N3O2. The van der Waals surface area contributed by atoms with Gasteiger partial charge in [0.25, 0.3) is 0 Å². The Balaban J connectivity index is 1.35. The first-order chi connectivity index (χ1) is 12.3. The van der Waals surface area contributed by atoms with Crippen LogP contribution in [0.5, 0.6) is 5.75 Å². The molecule has 0 radical (unpaired) electrons. The maximum Gasteiger partial charge on any atom is 0.227 e. The molecule has 2 aliphatic rings. The van der Waals surface area contributed by atoms with Crippen molar-refractivity contribution in [3.8, 4) is 5.75 Å². The molecule has 2 aromatic rings. The van der Waals surface area contributed by atoms with E-state index < -0.39 is 0 Å². The summed E-state index contributed by atoms with van der Waals surface area (Å²) in [5.74, 6) is 2.17. The number of carbonyl (C=O) groups excluding carboxylic acids is 1. The zero-order valence-corrected chi connectivity index (χ0v) is 14.4. The molecule has 0 N–H and O–H groups in total. The number of amides is 1. The molecule has 1 aromatic heterocycles. The highest BCUT2D eigenvalue weighted by Crippen LogP contribution is 2.26. The van der Waals surface area contributed by atoms with E-state index in [4.69, 9.17) is 4.74 Å². The molecule has 1 fully saturated rings. The number of hydrogen-bond acceptors (Lipinski definition) is 4. The molecule has 0 atom stereocenters. The van der Waals surface area contributed by atoms with Crippen LogP contribution >= 0.6 is 0 Å². The third-order valence-corrected chi connectivity index (χ3v) is 4.93. The van der Waals surface area contributed by atoms with Gasteiger partial charge in [0.15, 0.2) is 0 Å². The Morgan fingerprint density at radius 2 is 2.00 bits per heavy atom. The Kier molecular flexibility index (Phi) is 4.55. The zero-order chi connectivity index (χ0) is 17.1. The average Bonchev–Trinajstić information content (AvgIpc) is 2.69. The summed E-state index contributed by atoms with van der Waals surface area (Å²) in [5.41, 5.74) is 2.32. The van der Waals surface area contributed by atoms with Crippen molar-refractivity contribution in [1.82, 2.24) is 9.88 Å². The number of ether oxygens (including phenoxy) is 1. The minimum atomic E-state index is 0.206. The van der Waals surface area contributed by atoms with Crippen molar-refractivity contribution in [2.45, 2.75) is 19.3 Å². The fourth-order valence-electron chi connectivity index (χ4n) is 3.54. The number of piperazine rings is 1. The molecule has 0 spiro atoms. The first kappa shape index (κ1) is 15.9. The number of nitrogens with zero attached hydrogens (tertiary/aromatic N) is 3. The molecule has 0 unspecified atom stereocenters. The molecule has 1 aromatic carbocycles. The highest BCUT2D eigenvalue weighted by Gasteiger charge is 2.22. The van der Waals surface area contributed by atoms with E-state index in [1.54, 1.807) is 0 Å². The van der Waals surface area contributed by atoms with Crippen LogP contribution in [-0.2, 0) is 17.6 Å². The van der Waals surface area contributed by atoms with Crippen LogP contribution in [0.2, 0.25) is 0 Å². The zero-order valence-electron chi connectivity index (χ0n) is 14.4. The normalized spacial score (nSPS) is 17.0. The molecule has 25 heavy (non-hydrogen) atoms. The van der Waals surface area contributed by atoms with Gasteiger partial charge in [0, 0.05) is 32.4 Å². The predicted molar refractivity (Wildman–Crippen MR) is 97.0 cm³/mol. The van der Waals surface area contributed by atoms with E-state index in [-0.39, 0.29) is 5.91 Å². The molecule has 2 aliphatic heterocycles. The SMILES string of the molecule is O=C(Cc1ccc2c(c1)CCCO2)N1CCN(c2ccccn2)CC1. The van der Waals surface area contributed by atoms with Crippen molar-refractivity contribution in [1.29, 1.82) is 0 Å². The van der Waals surface area contributed by atoms with Gasteiger partial charge in [-0.15, -0.1) is 0 Å². The maximum absolute atomic E-state index is 12.6. The molecular weight excluding hydrogens is 314 g/mol. The van der Waals surface area contributed by atoms with Gasteiger partial charge in [0.05, 0.1) is 13.0 Å². The van der Waals surface area contributed by atoms with Gasteiger partial charge in [0.2, 0.25) is 5.91 Å². The molecule has 0 aliphatic carbocycles. The van der Waals surface area contributed by atoms with Gasteiger partial charge in [-0.25, -0.2) is 4.98 Å². The first-order valence-corrected chi connectivity index (χ1v) is 8.98. The lowest BCUT2D eigenvalue weighted by Crippen LogP contribution is -2.49. The molecule has 0 saturated carbocycles. The summed E-state index contributed by atoms with van der Waals surface area (Å²) >= 11 is 0. The summed E-state index contributed by atoms with van der Waals surface area (Å²) in [6.07, 6.45) is 4.38. The number of carbonyl (C=O) groups is 1. The van der Waals surface area contributed by atoms with Crippen LogP contribution in [0.15, 0.2) is 42.6 Å². The second-order valence-corrected chi connectivity index (χ2v) is 6.63. The second kappa shape index (κ2) is 7.13. The fraction of sp³-hybridized carbons (Fsp3) is 0.400. The van der Waals surface area contributed by atoms with Gasteiger partial charge in [-0.1, -0.05) is 18.2 Å². The predicted octanol–water partition coefficient (Wildman–Crippen LogP) is 2.30. The Morgan fingerprint density at radius 1 is 1.12 bits per heavy atom. The monoisotopic (exact) mass is 337 g/mol. The van der Waals surface area contributed by atoms with E-state index in [9.17, 15) is 4.79 Å². The highest BCUT2D eigenvalue weighted by molar-refractivity contribution is 5.79. The number of rotatable bonds is 3. The van der Waals surface area contributed by atoms with Gasteiger partial charge in [-0.05, 0) is 42.2 Å². The average molecular weight is 337 g/mol. The molecule has 3 heterocycles. The molecule has 1 amide bonds. The lowest BCUT2D eigenvalue weighted by molar-refractivity contribution is -0.130. The number of aromatic nitrogens is 1. The summed E-state index contributed by atoms with van der Waals surface area (Å²) in [7, 11) is 0. The minimum absolute atomic E-state index is 0.206. The van der Waals surface area contributed by atoms with Crippen LogP contribution in [0, 0.1) is 0 Å². The topological polar surface area (TPSA) is 45.7 Å². The second-order valence-electron chi connectivity index (χ2n) is 6.63. The quantitative estimate of drug-likeness (QED) is 0.862. The molecule has 1 saturated heterocycles. The van der Waals surface area contributed by atoms with Gasteiger partial charge in [0.1, 0.15) is 11.6 Å². The van der Waals surface area contributed by atoms with E-state index >= 15 is 0 Å². The van der Waals surface area contributed by atoms with Gasteiger partial charge in [-0.2, -0.15) is 0 Å². The van der Waals surface area contributed by atoms with Gasteiger partial charge < -0.3 is 14.5 Å². The van der Waals surface area contributed by atoms with Crippen molar-refractivity contribution in [3.05, 3.63) is 53.7 Å². The van der Waals surface area contributed by atoms with E-state index in [2.05, 4.69) is 16.0 Å². The van der Waals surface area contributed by atoms with Crippen molar-refractivity contribution in [3.63, 3.8) is 0 Å². The number of hydrogen-bond donors (Lipinski definition) is 0. The summed E-state index contributed by atoms with van der Waals surface area (Å²) in [4.78, 5) is 21.2. The van der Waals surface area contributed by atoms with E-state index in [0.717, 1.165) is 62.8 Å². The van der Waals surface area contributed by atoms with Crippen LogP contribution < -0.4 is 9.64 Å². The van der Waals surface area contributed by atoms with Gasteiger partial charge in [-0.3, -0.25) is 4.79 Å². The summed E-state index contributed by atoms with van der Waals surface area (Å²) in [5, 5.41) is 0. The summed E-state index contributed by atoms with van der Waals surface area (Å²) < 4.78 is 5.65. The standard InChI is InChI=1S/C20H23N3O2/c24-20(15-16-6-7-18-17(14-16)4-3-13-25-18)23-11-9-22(10-12-23)19-5-1-2-8-21-19/h1-2,5-8,14H,3-4,9-13,15H2. The van der Waals surface area contributed by atoms with Crippen molar-refractivity contribution < 1.29 is 9.53 Å². The number of fused-ring (bicyclic) bond motifs is 1. The first-order valence-electron chi connectivity index (χ1n) is 8.98. The molecule has 5 heteroatoms. The number of aryl methyl sites for hydroxylation is 1. The van der Waals surface area contributed by atoms with Crippen LogP contribution in [-0.4, -0.2) is 48.6 Å². The van der Waals surface area contributed by atoms with E-state index in [0.29, 0.717) is 6.42 Å². The largest absolute Gasteiger partial charge is 0.493 e. The van der Waals surface area contributed by atoms with Crippen LogP contribution in [0.25, 0.3) is 0 Å². The highest BCUT2D eigenvalue weighted by atomic mass is 16.5. The molecule has 5 nitrogen and oxygen atoms in total. The Labute approximate surface area is 148 Å². The smallest absolute Gasteiger partial charge is 0.227 e. The van der Waals surface area contributed by atoms with Crippen molar-refractivity contribution >= 4 is 11.7 Å². The Hall–Kier alpha value is -2.56. The summed E-state index contributed by atoms with van der Waals surface area (Å²) in [6.45, 7) is 3.97. The molecule has 4 rings (SSSR count).